The fourth-order valence-electron chi connectivity index (χ4n) is 3.07. The van der Waals surface area contributed by atoms with Crippen molar-refractivity contribution >= 4 is 12.0 Å². The van der Waals surface area contributed by atoms with Gasteiger partial charge >= 0.3 is 6.09 Å². The van der Waals surface area contributed by atoms with Crippen LogP contribution >= 0.6 is 0 Å². The number of hydrogen-bond acceptors (Lipinski definition) is 3. The quantitative estimate of drug-likeness (QED) is 0.842. The average molecular weight is 316 g/mol. The van der Waals surface area contributed by atoms with Gasteiger partial charge in [-0.1, -0.05) is 30.3 Å². The van der Waals surface area contributed by atoms with Gasteiger partial charge in [-0.15, -0.1) is 0 Å². The van der Waals surface area contributed by atoms with E-state index in [9.17, 15) is 9.59 Å². The molecule has 5 heteroatoms. The van der Waals surface area contributed by atoms with Crippen molar-refractivity contribution in [3.05, 3.63) is 35.9 Å². The van der Waals surface area contributed by atoms with Crippen molar-refractivity contribution in [2.24, 2.45) is 5.92 Å². The fourth-order valence-corrected chi connectivity index (χ4v) is 3.07. The third kappa shape index (κ3) is 3.49. The van der Waals surface area contributed by atoms with E-state index in [1.54, 1.807) is 5.01 Å². The second-order valence-corrected chi connectivity index (χ2v) is 7.28. The smallest absolute Gasteiger partial charge is 0.429 e. The lowest BCUT2D eigenvalue weighted by atomic mass is 10.1. The minimum absolute atomic E-state index is 0.0135. The van der Waals surface area contributed by atoms with Crippen LogP contribution < -0.4 is 0 Å². The van der Waals surface area contributed by atoms with Crippen molar-refractivity contribution in [1.29, 1.82) is 0 Å². The summed E-state index contributed by atoms with van der Waals surface area (Å²) in [5.74, 6) is 0.312. The number of carbonyl (C=O) groups is 2. The van der Waals surface area contributed by atoms with E-state index in [1.165, 1.54) is 10.6 Å². The minimum atomic E-state index is -0.555. The lowest BCUT2D eigenvalue weighted by Crippen LogP contribution is -2.47. The maximum absolute atomic E-state index is 12.7. The Hall–Kier alpha value is -2.04. The van der Waals surface area contributed by atoms with Crippen LogP contribution in [0.4, 0.5) is 4.79 Å². The topological polar surface area (TPSA) is 49.9 Å². The molecule has 1 heterocycles. The molecular weight excluding hydrogens is 292 g/mol. The highest BCUT2D eigenvalue weighted by atomic mass is 16.6. The Kier molecular flexibility index (Phi) is 4.04. The van der Waals surface area contributed by atoms with E-state index in [1.807, 2.05) is 39.0 Å². The highest BCUT2D eigenvalue weighted by Crippen LogP contribution is 2.48. The Morgan fingerprint density at radius 2 is 1.74 bits per heavy atom. The molecule has 2 amide bonds. The molecule has 0 radical (unpaired) electrons. The first-order valence-electron chi connectivity index (χ1n) is 8.23. The molecule has 1 saturated heterocycles. The van der Waals surface area contributed by atoms with Gasteiger partial charge in [-0.3, -0.25) is 4.79 Å². The summed E-state index contributed by atoms with van der Waals surface area (Å²) in [4.78, 5) is 25.0. The summed E-state index contributed by atoms with van der Waals surface area (Å²) < 4.78 is 5.41. The molecule has 124 valence electrons. The molecule has 5 nitrogen and oxygen atoms in total. The summed E-state index contributed by atoms with van der Waals surface area (Å²) in [5, 5.41) is 3.05. The summed E-state index contributed by atoms with van der Waals surface area (Å²) in [6.45, 7) is 6.64. The first-order valence-corrected chi connectivity index (χ1v) is 8.23. The predicted molar refractivity (Wildman–Crippen MR) is 86.6 cm³/mol. The summed E-state index contributed by atoms with van der Waals surface area (Å²) in [7, 11) is 0. The largest absolute Gasteiger partial charge is 0.442 e. The van der Waals surface area contributed by atoms with Crippen LogP contribution in [0.25, 0.3) is 0 Å². The Balaban J connectivity index is 1.64. The highest BCUT2D eigenvalue weighted by Gasteiger charge is 2.48. The van der Waals surface area contributed by atoms with Crippen molar-refractivity contribution in [2.45, 2.75) is 45.1 Å². The zero-order valence-corrected chi connectivity index (χ0v) is 14.0. The third-order valence-corrected chi connectivity index (χ3v) is 4.23. The van der Waals surface area contributed by atoms with Gasteiger partial charge in [0.1, 0.15) is 5.60 Å². The van der Waals surface area contributed by atoms with Gasteiger partial charge in [-0.2, -0.15) is 0 Å². The van der Waals surface area contributed by atoms with Gasteiger partial charge in [0.05, 0.1) is 0 Å². The maximum atomic E-state index is 12.7. The Labute approximate surface area is 137 Å². The van der Waals surface area contributed by atoms with Crippen LogP contribution in [0.5, 0.6) is 0 Å². The second-order valence-electron chi connectivity index (χ2n) is 7.28. The zero-order chi connectivity index (χ0) is 16.6. The summed E-state index contributed by atoms with van der Waals surface area (Å²) >= 11 is 0. The van der Waals surface area contributed by atoms with Crippen molar-refractivity contribution in [1.82, 2.24) is 10.0 Å². The molecule has 0 unspecified atom stereocenters. The molecule has 0 spiro atoms. The Bertz CT molecular complexity index is 594. The third-order valence-electron chi connectivity index (χ3n) is 4.23. The number of hydrogen-bond donors (Lipinski definition) is 0. The van der Waals surface area contributed by atoms with E-state index in [4.69, 9.17) is 4.74 Å². The highest BCUT2D eigenvalue weighted by molar-refractivity contribution is 5.85. The molecule has 2 fully saturated rings. The van der Waals surface area contributed by atoms with Crippen molar-refractivity contribution in [3.63, 3.8) is 0 Å². The SMILES string of the molecule is CC(C)(C)OC(=O)N1CCCN1C(=O)[C@H]1C[C@@H]1c1ccccc1. The number of rotatable bonds is 2. The van der Waals surface area contributed by atoms with Gasteiger partial charge < -0.3 is 4.74 Å². The van der Waals surface area contributed by atoms with Crippen LogP contribution in [0.1, 0.15) is 45.1 Å². The first kappa shape index (κ1) is 15.8. The van der Waals surface area contributed by atoms with Gasteiger partial charge in [0, 0.05) is 19.0 Å². The molecule has 1 saturated carbocycles. The molecule has 0 aromatic heterocycles. The number of benzene rings is 1. The van der Waals surface area contributed by atoms with Crippen molar-refractivity contribution < 1.29 is 14.3 Å². The maximum Gasteiger partial charge on any atom is 0.429 e. The molecule has 1 aliphatic carbocycles. The van der Waals surface area contributed by atoms with Crippen molar-refractivity contribution in [2.75, 3.05) is 13.1 Å². The number of amides is 2. The molecule has 2 aliphatic rings. The lowest BCUT2D eigenvalue weighted by Gasteiger charge is -2.30. The van der Waals surface area contributed by atoms with E-state index in [-0.39, 0.29) is 17.7 Å². The van der Waals surface area contributed by atoms with Crippen LogP contribution in [0.2, 0.25) is 0 Å². The molecule has 1 aliphatic heterocycles. The van der Waals surface area contributed by atoms with Gasteiger partial charge in [0.15, 0.2) is 0 Å². The van der Waals surface area contributed by atoms with Crippen molar-refractivity contribution in [3.8, 4) is 0 Å². The van der Waals surface area contributed by atoms with Gasteiger partial charge in [0.25, 0.3) is 0 Å². The summed E-state index contributed by atoms with van der Waals surface area (Å²) in [6, 6.07) is 10.1. The standard InChI is InChI=1S/C18H24N2O3/c1-18(2,3)23-17(22)20-11-7-10-19(20)16(21)15-12-14(15)13-8-5-4-6-9-13/h4-6,8-9,14-15H,7,10-12H2,1-3H3/t14-,15+/m1/s1. The van der Waals surface area contributed by atoms with Gasteiger partial charge in [0.2, 0.25) is 5.91 Å². The predicted octanol–water partition coefficient (Wildman–Crippen LogP) is 3.17. The van der Waals surface area contributed by atoms with Crippen LogP contribution in [0.3, 0.4) is 0 Å². The second kappa shape index (κ2) is 5.87. The number of ether oxygens (including phenoxy) is 1. The molecule has 3 rings (SSSR count). The fraction of sp³-hybridized carbons (Fsp3) is 0.556. The number of carbonyl (C=O) groups excluding carboxylic acids is 2. The molecule has 2 atom stereocenters. The normalized spacial score (nSPS) is 23.8. The minimum Gasteiger partial charge on any atom is -0.442 e. The Morgan fingerprint density at radius 1 is 1.09 bits per heavy atom. The Morgan fingerprint density at radius 3 is 2.39 bits per heavy atom. The van der Waals surface area contributed by atoms with Crippen LogP contribution in [-0.2, 0) is 9.53 Å². The van der Waals surface area contributed by atoms with Crippen LogP contribution in [0, 0.1) is 5.92 Å². The monoisotopic (exact) mass is 316 g/mol. The molecule has 0 bridgehead atoms. The van der Waals surface area contributed by atoms with E-state index < -0.39 is 11.7 Å². The van der Waals surface area contributed by atoms with Crippen LogP contribution in [0.15, 0.2) is 30.3 Å². The average Bonchev–Trinajstić information content (AvgIpc) is 3.13. The summed E-state index contributed by atoms with van der Waals surface area (Å²) in [5.41, 5.74) is 0.648. The molecule has 23 heavy (non-hydrogen) atoms. The molecule has 0 N–H and O–H groups in total. The van der Waals surface area contributed by atoms with Gasteiger partial charge in [-0.05, 0) is 45.1 Å². The van der Waals surface area contributed by atoms with E-state index in [0.29, 0.717) is 13.1 Å². The van der Waals surface area contributed by atoms with E-state index in [2.05, 4.69) is 12.1 Å². The zero-order valence-electron chi connectivity index (χ0n) is 14.0. The number of nitrogens with zero attached hydrogens (tertiary/aromatic N) is 2. The van der Waals surface area contributed by atoms with Gasteiger partial charge in [-0.25, -0.2) is 14.8 Å². The lowest BCUT2D eigenvalue weighted by molar-refractivity contribution is -0.144. The summed E-state index contributed by atoms with van der Waals surface area (Å²) in [6.07, 6.45) is 1.23. The molecule has 1 aromatic carbocycles. The van der Waals surface area contributed by atoms with Crippen LogP contribution in [-0.4, -0.2) is 40.7 Å². The van der Waals surface area contributed by atoms with E-state index in [0.717, 1.165) is 12.8 Å². The first-order chi connectivity index (χ1) is 10.9. The van der Waals surface area contributed by atoms with E-state index >= 15 is 0 Å². The molecule has 1 aromatic rings. The number of hydrazine groups is 1. The molecular formula is C18H24N2O3.